The zero-order valence-corrected chi connectivity index (χ0v) is 7.60. The normalized spacial score (nSPS) is 12.3. The summed E-state index contributed by atoms with van der Waals surface area (Å²) in [4.78, 5) is 3.50. The maximum atomic E-state index is 12.8. The second-order valence-corrected chi connectivity index (χ2v) is 2.83. The Balaban J connectivity index is 4.18. The van der Waals surface area contributed by atoms with Crippen LogP contribution in [0.1, 0.15) is 13.8 Å². The summed E-state index contributed by atoms with van der Waals surface area (Å²) in [6.45, 7) is 11.3. The molecule has 0 spiro atoms. The molecule has 0 heterocycles. The van der Waals surface area contributed by atoms with Crippen molar-refractivity contribution in [2.24, 2.45) is 10.9 Å². The molecule has 0 saturated heterocycles. The van der Waals surface area contributed by atoms with Crippen LogP contribution in [0.5, 0.6) is 0 Å². The fourth-order valence-corrected chi connectivity index (χ4v) is 0.613. The fourth-order valence-electron chi connectivity index (χ4n) is 0.613. The van der Waals surface area contributed by atoms with E-state index in [1.54, 1.807) is 0 Å². The van der Waals surface area contributed by atoms with Gasteiger partial charge in [0.2, 0.25) is 0 Å². The van der Waals surface area contributed by atoms with Crippen LogP contribution in [-0.4, -0.2) is 13.3 Å². The quantitative estimate of drug-likeness (QED) is 0.496. The lowest BCUT2D eigenvalue weighted by atomic mass is 10.2. The number of hydrogen-bond donors (Lipinski definition) is 1. The van der Waals surface area contributed by atoms with Crippen molar-refractivity contribution >= 4 is 6.72 Å². The van der Waals surface area contributed by atoms with Crippen LogP contribution in [0, 0.1) is 5.92 Å². The Kier molecular flexibility index (Phi) is 5.00. The molecule has 0 aromatic carbocycles. The van der Waals surface area contributed by atoms with Crippen LogP contribution in [0.4, 0.5) is 4.39 Å². The van der Waals surface area contributed by atoms with Crippen LogP contribution in [0.2, 0.25) is 0 Å². The average Bonchev–Trinajstić information content (AvgIpc) is 2.04. The Hall–Kier alpha value is -1.12. The Bertz CT molecular complexity index is 195. The molecule has 0 fully saturated rings. The van der Waals surface area contributed by atoms with Gasteiger partial charge in [-0.25, -0.2) is 9.38 Å². The summed E-state index contributed by atoms with van der Waals surface area (Å²) < 4.78 is 12.8. The summed E-state index contributed by atoms with van der Waals surface area (Å²) in [6, 6.07) is 0. The molecule has 0 saturated carbocycles. The molecular weight excluding hydrogens is 155 g/mol. The molecule has 0 aliphatic carbocycles. The second kappa shape index (κ2) is 5.52. The van der Waals surface area contributed by atoms with Crippen molar-refractivity contribution in [2.75, 3.05) is 6.54 Å². The maximum absolute atomic E-state index is 12.8. The van der Waals surface area contributed by atoms with Gasteiger partial charge in [0.15, 0.2) is 11.6 Å². The van der Waals surface area contributed by atoms with Gasteiger partial charge in [0.1, 0.15) is 0 Å². The summed E-state index contributed by atoms with van der Waals surface area (Å²) in [5, 5.41) is 2.82. The molecule has 0 aromatic rings. The van der Waals surface area contributed by atoms with Crippen LogP contribution >= 0.6 is 0 Å². The van der Waals surface area contributed by atoms with Gasteiger partial charge in [0.25, 0.3) is 0 Å². The van der Waals surface area contributed by atoms with Crippen molar-refractivity contribution in [3.05, 3.63) is 24.3 Å². The Morgan fingerprint density at radius 1 is 1.67 bits per heavy atom. The second-order valence-electron chi connectivity index (χ2n) is 2.83. The number of rotatable bonds is 5. The molecule has 0 aliphatic heterocycles. The van der Waals surface area contributed by atoms with Crippen LogP contribution in [0.15, 0.2) is 29.3 Å². The van der Waals surface area contributed by atoms with Crippen molar-refractivity contribution in [3.63, 3.8) is 0 Å². The lowest BCUT2D eigenvalue weighted by Gasteiger charge is -2.08. The molecule has 1 N–H and O–H groups in total. The smallest absolute Gasteiger partial charge is 0.164 e. The third-order valence-electron chi connectivity index (χ3n) is 1.24. The Morgan fingerprint density at radius 2 is 2.25 bits per heavy atom. The van der Waals surface area contributed by atoms with E-state index >= 15 is 0 Å². The summed E-state index contributed by atoms with van der Waals surface area (Å²) in [6.07, 6.45) is 1.11. The minimum atomic E-state index is -0.467. The minimum absolute atomic E-state index is 0.165. The molecule has 68 valence electrons. The van der Waals surface area contributed by atoms with Gasteiger partial charge >= 0.3 is 0 Å². The van der Waals surface area contributed by atoms with E-state index in [4.69, 9.17) is 0 Å². The van der Waals surface area contributed by atoms with E-state index in [1.165, 1.54) is 0 Å². The first-order valence-electron chi connectivity index (χ1n) is 3.84. The molecule has 0 bridgehead atoms. The van der Waals surface area contributed by atoms with Crippen molar-refractivity contribution in [3.8, 4) is 0 Å². The van der Waals surface area contributed by atoms with Crippen molar-refractivity contribution in [1.29, 1.82) is 0 Å². The summed E-state index contributed by atoms with van der Waals surface area (Å²) in [7, 11) is 0. The molecule has 2 nitrogen and oxygen atoms in total. The number of allylic oxidation sites excluding steroid dienone is 2. The molecule has 12 heavy (non-hydrogen) atoms. The van der Waals surface area contributed by atoms with Gasteiger partial charge in [-0.05, 0) is 18.7 Å². The van der Waals surface area contributed by atoms with E-state index in [0.29, 0.717) is 12.5 Å². The Morgan fingerprint density at radius 3 is 2.58 bits per heavy atom. The molecule has 0 unspecified atom stereocenters. The SMILES string of the molecule is C=C/C(F)=C(\N=C)NCC(C)C. The predicted octanol–water partition coefficient (Wildman–Crippen LogP) is 2.26. The molecule has 3 heteroatoms. The van der Waals surface area contributed by atoms with E-state index in [1.807, 2.05) is 13.8 Å². The number of nitrogens with zero attached hydrogens (tertiary/aromatic N) is 1. The zero-order valence-electron chi connectivity index (χ0n) is 7.60. The maximum Gasteiger partial charge on any atom is 0.164 e. The lowest BCUT2D eigenvalue weighted by molar-refractivity contribution is 0.568. The van der Waals surface area contributed by atoms with Gasteiger partial charge < -0.3 is 5.32 Å². The van der Waals surface area contributed by atoms with E-state index < -0.39 is 5.83 Å². The molecular formula is C9H15FN2. The van der Waals surface area contributed by atoms with Crippen molar-refractivity contribution in [1.82, 2.24) is 5.32 Å². The molecule has 0 rings (SSSR count). The van der Waals surface area contributed by atoms with Gasteiger partial charge in [0, 0.05) is 6.54 Å². The number of halogens is 1. The highest BCUT2D eigenvalue weighted by atomic mass is 19.1. The molecule has 0 aromatic heterocycles. The first kappa shape index (κ1) is 10.9. The largest absolute Gasteiger partial charge is 0.367 e. The van der Waals surface area contributed by atoms with Crippen LogP contribution in [-0.2, 0) is 0 Å². The summed E-state index contributed by atoms with van der Waals surface area (Å²) >= 11 is 0. The number of hydrogen-bond acceptors (Lipinski definition) is 2. The predicted molar refractivity (Wildman–Crippen MR) is 50.7 cm³/mol. The van der Waals surface area contributed by atoms with E-state index in [9.17, 15) is 4.39 Å². The Labute approximate surface area is 72.9 Å². The first-order valence-corrected chi connectivity index (χ1v) is 3.84. The number of nitrogens with one attached hydrogen (secondary N) is 1. The van der Waals surface area contributed by atoms with Gasteiger partial charge in [0.05, 0.1) is 0 Å². The monoisotopic (exact) mass is 170 g/mol. The highest BCUT2D eigenvalue weighted by Gasteiger charge is 2.00. The highest BCUT2D eigenvalue weighted by Crippen LogP contribution is 2.05. The van der Waals surface area contributed by atoms with Crippen molar-refractivity contribution in [2.45, 2.75) is 13.8 Å². The van der Waals surface area contributed by atoms with Crippen LogP contribution < -0.4 is 5.32 Å². The van der Waals surface area contributed by atoms with Crippen LogP contribution in [0.3, 0.4) is 0 Å². The van der Waals surface area contributed by atoms with E-state index in [-0.39, 0.29) is 5.82 Å². The van der Waals surface area contributed by atoms with Gasteiger partial charge in [-0.1, -0.05) is 20.4 Å². The zero-order chi connectivity index (χ0) is 9.56. The molecule has 0 radical (unpaired) electrons. The summed E-state index contributed by atoms with van der Waals surface area (Å²) in [5.74, 6) is 0.142. The summed E-state index contributed by atoms with van der Waals surface area (Å²) in [5.41, 5.74) is 0. The third kappa shape index (κ3) is 3.91. The average molecular weight is 170 g/mol. The van der Waals surface area contributed by atoms with Crippen LogP contribution in [0.25, 0.3) is 0 Å². The highest BCUT2D eigenvalue weighted by molar-refractivity contribution is 5.31. The van der Waals surface area contributed by atoms with Gasteiger partial charge in [-0.3, -0.25) is 0 Å². The third-order valence-corrected chi connectivity index (χ3v) is 1.24. The minimum Gasteiger partial charge on any atom is -0.367 e. The molecule has 0 atom stereocenters. The topological polar surface area (TPSA) is 24.4 Å². The van der Waals surface area contributed by atoms with Gasteiger partial charge in [-0.2, -0.15) is 0 Å². The number of aliphatic imine (C=N–C) groups is 1. The molecule has 0 amide bonds. The van der Waals surface area contributed by atoms with Gasteiger partial charge in [-0.15, -0.1) is 0 Å². The lowest BCUT2D eigenvalue weighted by Crippen LogP contribution is -2.18. The van der Waals surface area contributed by atoms with E-state index in [2.05, 4.69) is 23.6 Å². The standard InChI is InChI=1S/C9H15FN2/c1-5-8(10)9(11-4)12-6-7(2)3/h5,7,12H,1,4,6H2,2-3H3/b9-8-. The fraction of sp³-hybridized carbons (Fsp3) is 0.444. The van der Waals surface area contributed by atoms with Crippen molar-refractivity contribution < 1.29 is 4.39 Å². The first-order chi connectivity index (χ1) is 5.61. The van der Waals surface area contributed by atoms with E-state index in [0.717, 1.165) is 6.08 Å². The molecule has 0 aliphatic rings.